The number of nitrogens with one attached hydrogen (secondary N) is 2. The highest BCUT2D eigenvalue weighted by Gasteiger charge is 2.28. The first-order valence-electron chi connectivity index (χ1n) is 7.44. The zero-order valence-corrected chi connectivity index (χ0v) is 12.8. The van der Waals surface area contributed by atoms with Crippen molar-refractivity contribution in [2.45, 2.75) is 32.1 Å². The van der Waals surface area contributed by atoms with Gasteiger partial charge in [0.2, 0.25) is 11.8 Å². The lowest BCUT2D eigenvalue weighted by Gasteiger charge is -2.06. The van der Waals surface area contributed by atoms with Crippen LogP contribution in [0.4, 0.5) is 0 Å². The molecule has 0 unspecified atom stereocenters. The number of carbonyl (C=O) groups excluding carboxylic acids is 2. The number of carbonyl (C=O) groups is 2. The lowest BCUT2D eigenvalue weighted by molar-refractivity contribution is -0.123. The summed E-state index contributed by atoms with van der Waals surface area (Å²) in [5.41, 5.74) is 1.15. The number of rotatable bonds is 8. The van der Waals surface area contributed by atoms with Gasteiger partial charge >= 0.3 is 0 Å². The Hall–Kier alpha value is -1.55. The van der Waals surface area contributed by atoms with Gasteiger partial charge in [-0.15, -0.1) is 0 Å². The third-order valence-corrected chi connectivity index (χ3v) is 3.73. The lowest BCUT2D eigenvalue weighted by atomic mass is 10.1. The van der Waals surface area contributed by atoms with Crippen LogP contribution in [-0.4, -0.2) is 24.9 Å². The van der Waals surface area contributed by atoms with Gasteiger partial charge in [0.05, 0.1) is 0 Å². The van der Waals surface area contributed by atoms with Crippen molar-refractivity contribution in [3.63, 3.8) is 0 Å². The number of halogens is 1. The SMILES string of the molecule is O=C(CCCNC(=O)C1CC1)NCCc1ccc(Cl)cc1. The van der Waals surface area contributed by atoms with E-state index in [-0.39, 0.29) is 17.7 Å². The molecule has 0 spiro atoms. The quantitative estimate of drug-likeness (QED) is 0.724. The third-order valence-electron chi connectivity index (χ3n) is 3.48. The summed E-state index contributed by atoms with van der Waals surface area (Å²) in [4.78, 5) is 23.0. The van der Waals surface area contributed by atoms with Gasteiger partial charge in [-0.1, -0.05) is 23.7 Å². The highest BCUT2D eigenvalue weighted by molar-refractivity contribution is 6.30. The molecule has 2 N–H and O–H groups in total. The first kappa shape index (κ1) is 15.8. The van der Waals surface area contributed by atoms with Crippen molar-refractivity contribution < 1.29 is 9.59 Å². The van der Waals surface area contributed by atoms with E-state index in [1.807, 2.05) is 24.3 Å². The molecule has 1 aromatic rings. The predicted molar refractivity (Wildman–Crippen MR) is 83.1 cm³/mol. The van der Waals surface area contributed by atoms with Crippen LogP contribution in [0, 0.1) is 5.92 Å². The standard InChI is InChI=1S/C16H21ClN2O2/c17-14-7-3-12(4-8-14)9-11-18-15(20)2-1-10-19-16(21)13-5-6-13/h3-4,7-8,13H,1-2,5-6,9-11H2,(H,18,20)(H,19,21). The molecule has 21 heavy (non-hydrogen) atoms. The molecule has 0 radical (unpaired) electrons. The van der Waals surface area contributed by atoms with Crippen LogP contribution < -0.4 is 10.6 Å². The Morgan fingerprint density at radius 3 is 2.48 bits per heavy atom. The number of hydrogen-bond acceptors (Lipinski definition) is 2. The van der Waals surface area contributed by atoms with Crippen molar-refractivity contribution in [3.05, 3.63) is 34.9 Å². The highest BCUT2D eigenvalue weighted by Crippen LogP contribution is 2.28. The summed E-state index contributed by atoms with van der Waals surface area (Å²) in [6.45, 7) is 1.20. The first-order valence-corrected chi connectivity index (χ1v) is 7.82. The van der Waals surface area contributed by atoms with E-state index < -0.39 is 0 Å². The lowest BCUT2D eigenvalue weighted by Crippen LogP contribution is -2.29. The Kier molecular flexibility index (Phi) is 6.05. The minimum Gasteiger partial charge on any atom is -0.356 e. The summed E-state index contributed by atoms with van der Waals surface area (Å²) in [5, 5.41) is 6.46. The Morgan fingerprint density at radius 1 is 1.10 bits per heavy atom. The average Bonchev–Trinajstić information content (AvgIpc) is 3.30. The highest BCUT2D eigenvalue weighted by atomic mass is 35.5. The van der Waals surface area contributed by atoms with Crippen LogP contribution in [0.25, 0.3) is 0 Å². The normalized spacial score (nSPS) is 13.8. The van der Waals surface area contributed by atoms with Gasteiger partial charge in [0.1, 0.15) is 0 Å². The summed E-state index contributed by atoms with van der Waals surface area (Å²) in [5.74, 6) is 0.404. The van der Waals surface area contributed by atoms with E-state index in [1.54, 1.807) is 0 Å². The van der Waals surface area contributed by atoms with Crippen molar-refractivity contribution in [1.82, 2.24) is 10.6 Å². The van der Waals surface area contributed by atoms with Crippen molar-refractivity contribution in [2.24, 2.45) is 5.92 Å². The summed E-state index contributed by atoms with van der Waals surface area (Å²) in [7, 11) is 0. The zero-order chi connectivity index (χ0) is 15.1. The van der Waals surface area contributed by atoms with E-state index >= 15 is 0 Å². The smallest absolute Gasteiger partial charge is 0.223 e. The van der Waals surface area contributed by atoms with Gasteiger partial charge in [0.15, 0.2) is 0 Å². The summed E-state index contributed by atoms with van der Waals surface area (Å²) in [6, 6.07) is 7.62. The molecule has 1 saturated carbocycles. The van der Waals surface area contributed by atoms with E-state index in [0.717, 1.165) is 29.8 Å². The number of benzene rings is 1. The minimum absolute atomic E-state index is 0.0321. The zero-order valence-electron chi connectivity index (χ0n) is 12.0. The Morgan fingerprint density at radius 2 is 1.81 bits per heavy atom. The number of hydrogen-bond donors (Lipinski definition) is 2. The molecule has 0 aromatic heterocycles. The second-order valence-corrected chi connectivity index (χ2v) is 5.83. The molecule has 0 aliphatic heterocycles. The molecule has 0 atom stereocenters. The molecule has 4 nitrogen and oxygen atoms in total. The maximum absolute atomic E-state index is 11.6. The molecule has 5 heteroatoms. The summed E-state index contributed by atoms with van der Waals surface area (Å²) >= 11 is 5.81. The van der Waals surface area contributed by atoms with E-state index in [4.69, 9.17) is 11.6 Å². The molecule has 2 rings (SSSR count). The molecule has 0 heterocycles. The van der Waals surface area contributed by atoms with Crippen LogP contribution >= 0.6 is 11.6 Å². The van der Waals surface area contributed by atoms with Crippen LogP contribution in [0.1, 0.15) is 31.2 Å². The summed E-state index contributed by atoms with van der Waals surface area (Å²) in [6.07, 6.45) is 3.95. The van der Waals surface area contributed by atoms with Gasteiger partial charge in [-0.25, -0.2) is 0 Å². The topological polar surface area (TPSA) is 58.2 Å². The Bertz CT molecular complexity index is 484. The fraction of sp³-hybridized carbons (Fsp3) is 0.500. The fourth-order valence-electron chi connectivity index (χ4n) is 2.04. The van der Waals surface area contributed by atoms with Crippen molar-refractivity contribution >= 4 is 23.4 Å². The van der Waals surface area contributed by atoms with E-state index in [0.29, 0.717) is 25.9 Å². The molecule has 1 aliphatic carbocycles. The van der Waals surface area contributed by atoms with Gasteiger partial charge in [0.25, 0.3) is 0 Å². The van der Waals surface area contributed by atoms with Crippen molar-refractivity contribution in [1.29, 1.82) is 0 Å². The molecule has 114 valence electrons. The maximum atomic E-state index is 11.6. The molecule has 2 amide bonds. The Labute approximate surface area is 130 Å². The molecule has 1 aliphatic rings. The minimum atomic E-state index is 0.0321. The van der Waals surface area contributed by atoms with Gasteiger partial charge in [-0.3, -0.25) is 9.59 Å². The Balaban J connectivity index is 1.51. The van der Waals surface area contributed by atoms with E-state index in [2.05, 4.69) is 10.6 Å². The first-order chi connectivity index (χ1) is 10.1. The van der Waals surface area contributed by atoms with Crippen LogP contribution in [0.5, 0.6) is 0 Å². The van der Waals surface area contributed by atoms with Crippen molar-refractivity contribution in [2.75, 3.05) is 13.1 Å². The van der Waals surface area contributed by atoms with E-state index in [9.17, 15) is 9.59 Å². The van der Waals surface area contributed by atoms with Crippen molar-refractivity contribution in [3.8, 4) is 0 Å². The second-order valence-electron chi connectivity index (χ2n) is 5.40. The average molecular weight is 309 g/mol. The van der Waals surface area contributed by atoms with Gasteiger partial charge in [0, 0.05) is 30.5 Å². The van der Waals surface area contributed by atoms with Gasteiger partial charge in [-0.2, -0.15) is 0 Å². The van der Waals surface area contributed by atoms with Gasteiger partial charge in [-0.05, 0) is 43.4 Å². The maximum Gasteiger partial charge on any atom is 0.223 e. The molecular formula is C16H21ClN2O2. The second kappa shape index (κ2) is 8.03. The predicted octanol–water partition coefficient (Wildman–Crippen LogP) is 2.31. The fourth-order valence-corrected chi connectivity index (χ4v) is 2.16. The number of amides is 2. The molecule has 1 aromatic carbocycles. The molecule has 0 saturated heterocycles. The van der Waals surface area contributed by atoms with Crippen LogP contribution in [0.15, 0.2) is 24.3 Å². The van der Waals surface area contributed by atoms with Crippen LogP contribution in [0.3, 0.4) is 0 Å². The van der Waals surface area contributed by atoms with Crippen LogP contribution in [0.2, 0.25) is 5.02 Å². The van der Waals surface area contributed by atoms with Crippen LogP contribution in [-0.2, 0) is 16.0 Å². The molecule has 0 bridgehead atoms. The van der Waals surface area contributed by atoms with E-state index in [1.165, 1.54) is 0 Å². The third kappa shape index (κ3) is 6.17. The molecule has 1 fully saturated rings. The monoisotopic (exact) mass is 308 g/mol. The summed E-state index contributed by atoms with van der Waals surface area (Å²) < 4.78 is 0. The largest absolute Gasteiger partial charge is 0.356 e. The molecular weight excluding hydrogens is 288 g/mol. The van der Waals surface area contributed by atoms with Gasteiger partial charge < -0.3 is 10.6 Å².